The molecule has 17 heavy (non-hydrogen) atoms. The van der Waals surface area contributed by atoms with Crippen molar-refractivity contribution in [3.05, 3.63) is 0 Å². The van der Waals surface area contributed by atoms with Crippen molar-refractivity contribution in [1.29, 1.82) is 0 Å². The monoisotopic (exact) mass is 242 g/mol. The van der Waals surface area contributed by atoms with Crippen molar-refractivity contribution in [3.63, 3.8) is 0 Å². The second kappa shape index (κ2) is 9.49. The highest BCUT2D eigenvalue weighted by Crippen LogP contribution is 2.23. The minimum atomic E-state index is -0.660. The van der Waals surface area contributed by atoms with Crippen LogP contribution >= 0.6 is 0 Å². The molecule has 0 amide bonds. The Kier molecular flexibility index (Phi) is 9.20. The molecule has 0 saturated carbocycles. The minimum absolute atomic E-state index is 0.197. The van der Waals surface area contributed by atoms with Gasteiger partial charge in [-0.25, -0.2) is 0 Å². The fourth-order valence-electron chi connectivity index (χ4n) is 2.52. The maximum atomic E-state index is 10.8. The first-order chi connectivity index (χ1) is 7.97. The summed E-state index contributed by atoms with van der Waals surface area (Å²) >= 11 is 0. The van der Waals surface area contributed by atoms with Gasteiger partial charge in [0.1, 0.15) is 0 Å². The van der Waals surface area contributed by atoms with E-state index in [4.69, 9.17) is 5.11 Å². The predicted molar refractivity (Wildman–Crippen MR) is 73.1 cm³/mol. The zero-order chi connectivity index (χ0) is 13.3. The maximum absolute atomic E-state index is 10.8. The van der Waals surface area contributed by atoms with Gasteiger partial charge in [-0.05, 0) is 24.7 Å². The Morgan fingerprint density at radius 2 is 1.65 bits per heavy atom. The number of rotatable bonds is 10. The van der Waals surface area contributed by atoms with Crippen LogP contribution < -0.4 is 0 Å². The van der Waals surface area contributed by atoms with Crippen LogP contribution in [0.1, 0.15) is 72.6 Å². The van der Waals surface area contributed by atoms with E-state index in [0.717, 1.165) is 12.3 Å². The highest BCUT2D eigenvalue weighted by Gasteiger charge is 2.16. The molecule has 0 rings (SSSR count). The molecule has 0 bridgehead atoms. The molecule has 0 saturated heterocycles. The summed E-state index contributed by atoms with van der Waals surface area (Å²) in [6.45, 7) is 8.53. The summed E-state index contributed by atoms with van der Waals surface area (Å²) in [4.78, 5) is 10.8. The Morgan fingerprint density at radius 3 is 2.18 bits per heavy atom. The summed E-state index contributed by atoms with van der Waals surface area (Å²) in [6, 6.07) is 0. The van der Waals surface area contributed by atoms with Crippen molar-refractivity contribution in [2.24, 2.45) is 17.8 Å². The van der Waals surface area contributed by atoms with Crippen molar-refractivity contribution in [2.45, 2.75) is 72.6 Å². The molecule has 2 nitrogen and oxygen atoms in total. The van der Waals surface area contributed by atoms with Gasteiger partial charge in [-0.1, -0.05) is 59.8 Å². The molecule has 0 aliphatic carbocycles. The lowest BCUT2D eigenvalue weighted by Crippen LogP contribution is -2.14. The van der Waals surface area contributed by atoms with E-state index in [1.54, 1.807) is 0 Å². The van der Waals surface area contributed by atoms with Crippen molar-refractivity contribution < 1.29 is 9.90 Å². The Bertz CT molecular complexity index is 201. The van der Waals surface area contributed by atoms with Crippen LogP contribution in [-0.2, 0) is 4.79 Å². The second-order valence-corrected chi connectivity index (χ2v) is 5.77. The van der Waals surface area contributed by atoms with E-state index in [-0.39, 0.29) is 5.92 Å². The van der Waals surface area contributed by atoms with Crippen LogP contribution in [0.25, 0.3) is 0 Å². The van der Waals surface area contributed by atoms with Crippen molar-refractivity contribution in [3.8, 4) is 0 Å². The first kappa shape index (κ1) is 16.5. The van der Waals surface area contributed by atoms with Gasteiger partial charge in [0.15, 0.2) is 0 Å². The van der Waals surface area contributed by atoms with E-state index < -0.39 is 5.97 Å². The van der Waals surface area contributed by atoms with Crippen LogP contribution in [0, 0.1) is 17.8 Å². The smallest absolute Gasteiger partial charge is 0.306 e. The number of aliphatic carboxylic acids is 1. The third kappa shape index (κ3) is 9.20. The number of carboxylic acids is 1. The maximum Gasteiger partial charge on any atom is 0.306 e. The molecule has 0 aliphatic rings. The molecule has 0 aliphatic heterocycles. The average molecular weight is 242 g/mol. The zero-order valence-corrected chi connectivity index (χ0v) is 12.0. The van der Waals surface area contributed by atoms with E-state index in [2.05, 4.69) is 20.8 Å². The predicted octanol–water partition coefficient (Wildman–Crippen LogP) is 4.73. The summed E-state index contributed by atoms with van der Waals surface area (Å²) in [6.07, 6.45) is 8.60. The summed E-state index contributed by atoms with van der Waals surface area (Å²) in [7, 11) is 0. The van der Waals surface area contributed by atoms with Crippen LogP contribution in [0.2, 0.25) is 0 Å². The molecule has 0 aromatic heterocycles. The van der Waals surface area contributed by atoms with Gasteiger partial charge in [-0.2, -0.15) is 0 Å². The third-order valence-corrected chi connectivity index (χ3v) is 3.53. The Hall–Kier alpha value is -0.530. The van der Waals surface area contributed by atoms with Crippen molar-refractivity contribution >= 4 is 5.97 Å². The molecule has 0 heterocycles. The molecule has 0 spiro atoms. The third-order valence-electron chi connectivity index (χ3n) is 3.53. The molecule has 2 heteroatoms. The number of hydrogen-bond acceptors (Lipinski definition) is 1. The van der Waals surface area contributed by atoms with Gasteiger partial charge in [0, 0.05) is 0 Å². The van der Waals surface area contributed by atoms with E-state index in [1.807, 2.05) is 6.92 Å². The summed E-state index contributed by atoms with van der Waals surface area (Å²) < 4.78 is 0. The lowest BCUT2D eigenvalue weighted by Gasteiger charge is -2.18. The molecule has 0 radical (unpaired) electrons. The van der Waals surface area contributed by atoms with Gasteiger partial charge in [0.2, 0.25) is 0 Å². The molecule has 0 aromatic carbocycles. The minimum Gasteiger partial charge on any atom is -0.481 e. The van der Waals surface area contributed by atoms with Crippen LogP contribution in [0.3, 0.4) is 0 Å². The Morgan fingerprint density at radius 1 is 1.00 bits per heavy atom. The van der Waals surface area contributed by atoms with Crippen LogP contribution in [0.5, 0.6) is 0 Å². The standard InChI is InChI=1S/C15H30O2/c1-5-6-7-8-9-12(2)10-13(3)11-14(4)15(16)17/h12-14H,5-11H2,1-4H3,(H,16,17). The van der Waals surface area contributed by atoms with Crippen LogP contribution in [0.15, 0.2) is 0 Å². The fourth-order valence-corrected chi connectivity index (χ4v) is 2.52. The summed E-state index contributed by atoms with van der Waals surface area (Å²) in [5.74, 6) is 0.412. The lowest BCUT2D eigenvalue weighted by atomic mass is 9.87. The molecular formula is C15H30O2. The quantitative estimate of drug-likeness (QED) is 0.562. The van der Waals surface area contributed by atoms with Gasteiger partial charge in [0.05, 0.1) is 5.92 Å². The second-order valence-electron chi connectivity index (χ2n) is 5.77. The Labute approximate surface area is 107 Å². The zero-order valence-electron chi connectivity index (χ0n) is 12.0. The van der Waals surface area contributed by atoms with E-state index >= 15 is 0 Å². The largest absolute Gasteiger partial charge is 0.481 e. The summed E-state index contributed by atoms with van der Waals surface area (Å²) in [5, 5.41) is 8.87. The van der Waals surface area contributed by atoms with Gasteiger partial charge in [-0.15, -0.1) is 0 Å². The molecule has 3 atom stereocenters. The molecule has 0 aromatic rings. The number of hydrogen-bond donors (Lipinski definition) is 1. The molecule has 3 unspecified atom stereocenters. The molecule has 0 fully saturated rings. The van der Waals surface area contributed by atoms with Gasteiger partial charge in [0.25, 0.3) is 0 Å². The normalized spacial score (nSPS) is 16.5. The molecular weight excluding hydrogens is 212 g/mol. The van der Waals surface area contributed by atoms with Crippen LogP contribution in [-0.4, -0.2) is 11.1 Å². The highest BCUT2D eigenvalue weighted by atomic mass is 16.4. The van der Waals surface area contributed by atoms with Gasteiger partial charge in [-0.3, -0.25) is 4.79 Å². The van der Waals surface area contributed by atoms with E-state index in [9.17, 15) is 4.79 Å². The highest BCUT2D eigenvalue weighted by molar-refractivity contribution is 5.69. The fraction of sp³-hybridized carbons (Fsp3) is 0.933. The van der Waals surface area contributed by atoms with Crippen molar-refractivity contribution in [2.75, 3.05) is 0 Å². The number of carboxylic acid groups (broad SMARTS) is 1. The lowest BCUT2D eigenvalue weighted by molar-refractivity contribution is -0.141. The first-order valence-electron chi connectivity index (χ1n) is 7.20. The van der Waals surface area contributed by atoms with Crippen molar-refractivity contribution in [1.82, 2.24) is 0 Å². The summed E-state index contributed by atoms with van der Waals surface area (Å²) in [5.41, 5.74) is 0. The SMILES string of the molecule is CCCCCCC(C)CC(C)CC(C)C(=O)O. The van der Waals surface area contributed by atoms with Crippen LogP contribution in [0.4, 0.5) is 0 Å². The van der Waals surface area contributed by atoms with Gasteiger partial charge >= 0.3 is 5.97 Å². The number of carbonyl (C=O) groups is 1. The van der Waals surface area contributed by atoms with E-state index in [1.165, 1.54) is 38.5 Å². The van der Waals surface area contributed by atoms with Gasteiger partial charge < -0.3 is 5.11 Å². The average Bonchev–Trinajstić information content (AvgIpc) is 2.24. The molecule has 1 N–H and O–H groups in total. The van der Waals surface area contributed by atoms with E-state index in [0.29, 0.717) is 5.92 Å². The first-order valence-corrected chi connectivity index (χ1v) is 7.20. The Balaban J connectivity index is 3.64. The topological polar surface area (TPSA) is 37.3 Å². The molecule has 102 valence electrons. The number of unbranched alkanes of at least 4 members (excludes halogenated alkanes) is 3.